The Kier molecular flexibility index (Phi) is 9.59. The predicted octanol–water partition coefficient (Wildman–Crippen LogP) is 3.75. The number of guanidine groups is 1. The summed E-state index contributed by atoms with van der Waals surface area (Å²) in [6, 6.07) is 11.3. The van der Waals surface area contributed by atoms with E-state index < -0.39 is 0 Å². The lowest BCUT2D eigenvalue weighted by molar-refractivity contribution is 0.281. The Hall–Kier alpha value is -1.54. The van der Waals surface area contributed by atoms with Gasteiger partial charge in [-0.15, -0.1) is 24.0 Å². The number of nitrogens with zero attached hydrogens (tertiary/aromatic N) is 3. The lowest BCUT2D eigenvalue weighted by Gasteiger charge is -2.22. The molecule has 0 aliphatic heterocycles. The molecule has 1 heterocycles. The number of likely N-dealkylation sites (N-methyl/N-ethyl adjacent to an activating group) is 1. The number of rotatable bonds is 6. The zero-order chi connectivity index (χ0) is 17.4. The van der Waals surface area contributed by atoms with Gasteiger partial charge in [0.05, 0.1) is 18.8 Å². The highest BCUT2D eigenvalue weighted by molar-refractivity contribution is 14.0. The molecule has 0 saturated carbocycles. The Morgan fingerprint density at radius 1 is 1.28 bits per heavy atom. The first-order valence-electron chi connectivity index (χ1n) is 7.81. The second-order valence-electron chi connectivity index (χ2n) is 5.39. The van der Waals surface area contributed by atoms with Crippen molar-refractivity contribution in [2.75, 3.05) is 27.2 Å². The summed E-state index contributed by atoms with van der Waals surface area (Å²) in [6.45, 7) is 3.96. The van der Waals surface area contributed by atoms with Gasteiger partial charge in [-0.25, -0.2) is 0 Å². The first-order valence-corrected chi connectivity index (χ1v) is 8.18. The van der Waals surface area contributed by atoms with Crippen LogP contribution >= 0.6 is 35.6 Å². The van der Waals surface area contributed by atoms with Crippen LogP contribution in [0.15, 0.2) is 47.6 Å². The van der Waals surface area contributed by atoms with Gasteiger partial charge in [0.2, 0.25) is 0 Å². The topological polar surface area (TPSA) is 49.8 Å². The molecule has 0 spiro atoms. The number of aromatic nitrogens is 1. The highest BCUT2D eigenvalue weighted by Crippen LogP contribution is 2.15. The molecule has 0 saturated heterocycles. The maximum Gasteiger partial charge on any atom is 0.193 e. The van der Waals surface area contributed by atoms with E-state index in [1.165, 1.54) is 0 Å². The molecule has 0 aliphatic rings. The summed E-state index contributed by atoms with van der Waals surface area (Å²) >= 11 is 5.86. The minimum absolute atomic E-state index is 0. The molecule has 136 valence electrons. The van der Waals surface area contributed by atoms with Crippen LogP contribution in [0.25, 0.3) is 0 Å². The van der Waals surface area contributed by atoms with Gasteiger partial charge >= 0.3 is 0 Å². The Bertz CT molecular complexity index is 679. The summed E-state index contributed by atoms with van der Waals surface area (Å²) in [4.78, 5) is 10.7. The number of aryl methyl sites for hydroxylation is 1. The van der Waals surface area contributed by atoms with Crippen molar-refractivity contribution in [1.29, 1.82) is 0 Å². The van der Waals surface area contributed by atoms with E-state index in [4.69, 9.17) is 16.3 Å². The summed E-state index contributed by atoms with van der Waals surface area (Å²) in [6.07, 6.45) is 1.80. The number of nitrogens with one attached hydrogen (secondary N) is 1. The van der Waals surface area contributed by atoms with Gasteiger partial charge in [-0.1, -0.05) is 17.7 Å². The molecule has 0 atom stereocenters. The fraction of sp³-hybridized carbons (Fsp3) is 0.333. The summed E-state index contributed by atoms with van der Waals surface area (Å²) in [5.74, 6) is 1.61. The number of pyridine rings is 1. The molecule has 1 aromatic carbocycles. The maximum absolute atomic E-state index is 5.86. The fourth-order valence-electron chi connectivity index (χ4n) is 2.19. The average Bonchev–Trinajstić information content (AvgIpc) is 2.59. The van der Waals surface area contributed by atoms with E-state index in [9.17, 15) is 0 Å². The highest BCUT2D eigenvalue weighted by Gasteiger charge is 2.07. The third-order valence-electron chi connectivity index (χ3n) is 3.61. The molecule has 0 aliphatic carbocycles. The molecule has 0 unspecified atom stereocenters. The minimum Gasteiger partial charge on any atom is -0.492 e. The quantitative estimate of drug-likeness (QED) is 0.394. The van der Waals surface area contributed by atoms with E-state index in [1.807, 2.05) is 42.3 Å². The van der Waals surface area contributed by atoms with E-state index in [0.717, 1.165) is 23.0 Å². The molecular weight excluding hydrogens is 451 g/mol. The Morgan fingerprint density at radius 3 is 2.64 bits per heavy atom. The molecule has 25 heavy (non-hydrogen) atoms. The van der Waals surface area contributed by atoms with Crippen LogP contribution in [0.3, 0.4) is 0 Å². The predicted molar refractivity (Wildman–Crippen MR) is 114 cm³/mol. The summed E-state index contributed by atoms with van der Waals surface area (Å²) in [5, 5.41) is 4.03. The van der Waals surface area contributed by atoms with Crippen molar-refractivity contribution < 1.29 is 4.74 Å². The molecule has 2 aromatic rings. The molecule has 0 bridgehead atoms. The van der Waals surface area contributed by atoms with Crippen molar-refractivity contribution in [2.24, 2.45) is 4.99 Å². The number of aliphatic imine (C=N–C) groups is 1. The van der Waals surface area contributed by atoms with E-state index in [1.54, 1.807) is 13.2 Å². The van der Waals surface area contributed by atoms with Crippen molar-refractivity contribution in [3.8, 4) is 5.75 Å². The molecule has 1 N–H and O–H groups in total. The van der Waals surface area contributed by atoms with Crippen molar-refractivity contribution in [3.63, 3.8) is 0 Å². The van der Waals surface area contributed by atoms with Crippen molar-refractivity contribution >= 4 is 41.5 Å². The fourth-order valence-corrected chi connectivity index (χ4v) is 2.31. The Labute approximate surface area is 171 Å². The van der Waals surface area contributed by atoms with Gasteiger partial charge in [-0.2, -0.15) is 0 Å². The van der Waals surface area contributed by atoms with Crippen molar-refractivity contribution in [1.82, 2.24) is 15.2 Å². The number of benzene rings is 1. The SMILES string of the molecule is CN=C(NCc1ncccc1C)N(C)CCOc1ccc(Cl)cc1.I. The normalized spacial score (nSPS) is 10.8. The molecule has 0 fully saturated rings. The Morgan fingerprint density at radius 2 is 2.00 bits per heavy atom. The van der Waals surface area contributed by atoms with Gasteiger partial charge in [0.1, 0.15) is 12.4 Å². The van der Waals surface area contributed by atoms with Crippen LogP contribution in [0.1, 0.15) is 11.3 Å². The van der Waals surface area contributed by atoms with Gasteiger partial charge in [-0.05, 0) is 42.8 Å². The summed E-state index contributed by atoms with van der Waals surface area (Å²) < 4.78 is 5.71. The number of halogens is 2. The molecule has 0 radical (unpaired) electrons. The molecule has 2 rings (SSSR count). The van der Waals surface area contributed by atoms with Crippen molar-refractivity contribution in [3.05, 3.63) is 58.9 Å². The van der Waals surface area contributed by atoms with Gasteiger partial charge < -0.3 is 15.0 Å². The second-order valence-corrected chi connectivity index (χ2v) is 5.83. The first kappa shape index (κ1) is 21.5. The van der Waals surface area contributed by atoms with Crippen molar-refractivity contribution in [2.45, 2.75) is 13.5 Å². The van der Waals surface area contributed by atoms with Crippen LogP contribution in [0.5, 0.6) is 5.75 Å². The monoisotopic (exact) mass is 474 g/mol. The van der Waals surface area contributed by atoms with Gasteiger partial charge in [0.25, 0.3) is 0 Å². The zero-order valence-corrected chi connectivity index (χ0v) is 17.8. The largest absolute Gasteiger partial charge is 0.492 e. The van der Waals surface area contributed by atoms with Gasteiger partial charge in [0.15, 0.2) is 5.96 Å². The van der Waals surface area contributed by atoms with Crippen LogP contribution in [0, 0.1) is 6.92 Å². The smallest absolute Gasteiger partial charge is 0.193 e. The van der Waals surface area contributed by atoms with Crippen LogP contribution in [0.4, 0.5) is 0 Å². The van der Waals surface area contributed by atoms with E-state index in [0.29, 0.717) is 24.7 Å². The molecule has 0 amide bonds. The van der Waals surface area contributed by atoms with E-state index in [-0.39, 0.29) is 24.0 Å². The molecule has 5 nitrogen and oxygen atoms in total. The summed E-state index contributed by atoms with van der Waals surface area (Å²) in [7, 11) is 3.75. The number of hydrogen-bond donors (Lipinski definition) is 1. The third-order valence-corrected chi connectivity index (χ3v) is 3.87. The molecular formula is C18H24ClIN4O. The average molecular weight is 475 g/mol. The number of ether oxygens (including phenoxy) is 1. The van der Waals surface area contributed by atoms with Gasteiger partial charge in [-0.3, -0.25) is 9.98 Å². The lowest BCUT2D eigenvalue weighted by atomic mass is 10.2. The number of hydrogen-bond acceptors (Lipinski definition) is 3. The van der Waals surface area contributed by atoms with E-state index in [2.05, 4.69) is 28.3 Å². The first-order chi connectivity index (χ1) is 11.6. The third kappa shape index (κ3) is 7.07. The van der Waals surface area contributed by atoms with E-state index >= 15 is 0 Å². The lowest BCUT2D eigenvalue weighted by Crippen LogP contribution is -2.40. The standard InChI is InChI=1S/C18H23ClN4O.HI/c1-14-5-4-10-21-17(14)13-22-18(20-2)23(3)11-12-24-16-8-6-15(19)7-9-16;/h4-10H,11-13H2,1-3H3,(H,20,22);1H. The minimum atomic E-state index is 0. The maximum atomic E-state index is 5.86. The molecule has 1 aromatic heterocycles. The zero-order valence-electron chi connectivity index (χ0n) is 14.7. The van der Waals surface area contributed by atoms with Crippen LogP contribution in [-0.2, 0) is 6.54 Å². The van der Waals surface area contributed by atoms with Gasteiger partial charge in [0, 0.05) is 25.3 Å². The van der Waals surface area contributed by atoms with Crippen LogP contribution in [0.2, 0.25) is 5.02 Å². The summed E-state index contributed by atoms with van der Waals surface area (Å²) in [5.41, 5.74) is 2.18. The second kappa shape index (κ2) is 11.1. The molecule has 7 heteroatoms. The Balaban J connectivity index is 0.00000312. The van der Waals surface area contributed by atoms with Crippen LogP contribution < -0.4 is 10.1 Å². The highest BCUT2D eigenvalue weighted by atomic mass is 127. The van der Waals surface area contributed by atoms with Crippen LogP contribution in [-0.4, -0.2) is 43.1 Å².